The summed E-state index contributed by atoms with van der Waals surface area (Å²) in [6.07, 6.45) is 8.15. The lowest BCUT2D eigenvalue weighted by Gasteiger charge is -2.49. The lowest BCUT2D eigenvalue weighted by atomic mass is 9.74. The number of amides is 1. The topological polar surface area (TPSA) is 29.5 Å². The van der Waals surface area contributed by atoms with Gasteiger partial charge in [-0.25, -0.2) is 4.79 Å². The molecule has 0 aromatic carbocycles. The number of nitrogens with zero attached hydrogens (tertiary/aromatic N) is 1. The lowest BCUT2D eigenvalue weighted by Crippen LogP contribution is -2.58. The molecular weight excluding hydrogens is 250 g/mol. The van der Waals surface area contributed by atoms with E-state index in [4.69, 9.17) is 4.74 Å². The molecule has 0 N–H and O–H groups in total. The molecule has 2 rings (SSSR count). The predicted octanol–water partition coefficient (Wildman–Crippen LogP) is 4.74. The van der Waals surface area contributed by atoms with Crippen LogP contribution < -0.4 is 0 Å². The maximum atomic E-state index is 12.7. The third kappa shape index (κ3) is 2.68. The third-order valence-electron chi connectivity index (χ3n) is 5.24. The van der Waals surface area contributed by atoms with E-state index in [1.54, 1.807) is 0 Å². The summed E-state index contributed by atoms with van der Waals surface area (Å²) in [6.45, 7) is 10.4. The van der Waals surface area contributed by atoms with Gasteiger partial charge in [0.25, 0.3) is 0 Å². The lowest BCUT2D eigenvalue weighted by molar-refractivity contribution is -0.0332. The van der Waals surface area contributed by atoms with Gasteiger partial charge in [0.2, 0.25) is 0 Å². The average Bonchev–Trinajstić information content (AvgIpc) is 2.57. The zero-order valence-electron chi connectivity index (χ0n) is 13.9. The molecule has 116 valence electrons. The largest absolute Gasteiger partial charge is 0.444 e. The highest BCUT2D eigenvalue weighted by atomic mass is 16.6. The average molecular weight is 281 g/mol. The highest BCUT2D eigenvalue weighted by Crippen LogP contribution is 2.50. The van der Waals surface area contributed by atoms with Crippen molar-refractivity contribution in [1.82, 2.24) is 4.90 Å². The van der Waals surface area contributed by atoms with E-state index in [1.807, 2.05) is 20.8 Å². The van der Waals surface area contributed by atoms with Crippen molar-refractivity contribution in [2.24, 2.45) is 5.92 Å². The van der Waals surface area contributed by atoms with Crippen molar-refractivity contribution in [1.29, 1.82) is 0 Å². The van der Waals surface area contributed by atoms with Gasteiger partial charge in [0.15, 0.2) is 0 Å². The standard InChI is InChI=1S/C17H31NO2/c1-6-13(7-2)17-11-8-9-14(10-12-17)18(17)15(19)20-16(3,4)5/h13-14H,6-12H2,1-5H3/t14-,17+/m0/s1. The summed E-state index contributed by atoms with van der Waals surface area (Å²) in [7, 11) is 0. The smallest absolute Gasteiger partial charge is 0.411 e. The Hall–Kier alpha value is -0.730. The molecule has 3 heteroatoms. The number of hydrogen-bond donors (Lipinski definition) is 0. The Morgan fingerprint density at radius 1 is 1.25 bits per heavy atom. The van der Waals surface area contributed by atoms with Crippen molar-refractivity contribution in [3.05, 3.63) is 0 Å². The first-order chi connectivity index (χ1) is 9.34. The van der Waals surface area contributed by atoms with Gasteiger partial charge in [-0.2, -0.15) is 0 Å². The van der Waals surface area contributed by atoms with Crippen molar-refractivity contribution < 1.29 is 9.53 Å². The van der Waals surface area contributed by atoms with Gasteiger partial charge < -0.3 is 4.74 Å². The maximum Gasteiger partial charge on any atom is 0.411 e. The molecule has 1 amide bonds. The van der Waals surface area contributed by atoms with Gasteiger partial charge in [0.05, 0.1) is 0 Å². The maximum absolute atomic E-state index is 12.7. The Morgan fingerprint density at radius 3 is 2.45 bits per heavy atom. The van der Waals surface area contributed by atoms with Crippen molar-refractivity contribution in [2.45, 2.75) is 96.7 Å². The molecule has 2 fully saturated rings. The highest BCUT2D eigenvalue weighted by Gasteiger charge is 2.54. The molecule has 0 unspecified atom stereocenters. The predicted molar refractivity (Wildman–Crippen MR) is 81.7 cm³/mol. The van der Waals surface area contributed by atoms with E-state index in [0.717, 1.165) is 32.1 Å². The summed E-state index contributed by atoms with van der Waals surface area (Å²) < 4.78 is 5.71. The van der Waals surface area contributed by atoms with E-state index in [9.17, 15) is 4.79 Å². The minimum atomic E-state index is -0.400. The van der Waals surface area contributed by atoms with E-state index in [-0.39, 0.29) is 11.6 Å². The molecule has 2 heterocycles. The van der Waals surface area contributed by atoms with Crippen LogP contribution in [0.2, 0.25) is 0 Å². The Bertz CT molecular complexity index is 352. The van der Waals surface area contributed by atoms with Crippen LogP contribution in [-0.4, -0.2) is 28.2 Å². The van der Waals surface area contributed by atoms with Crippen LogP contribution in [0.5, 0.6) is 0 Å². The van der Waals surface area contributed by atoms with Crippen LogP contribution in [0, 0.1) is 5.92 Å². The van der Waals surface area contributed by atoms with Gasteiger partial charge >= 0.3 is 6.09 Å². The van der Waals surface area contributed by atoms with Crippen molar-refractivity contribution in [3.8, 4) is 0 Å². The van der Waals surface area contributed by atoms with Gasteiger partial charge in [-0.1, -0.05) is 26.7 Å². The number of ether oxygens (including phenoxy) is 1. The quantitative estimate of drug-likeness (QED) is 0.747. The van der Waals surface area contributed by atoms with E-state index >= 15 is 0 Å². The minimum Gasteiger partial charge on any atom is -0.444 e. The van der Waals surface area contributed by atoms with Gasteiger partial charge in [0, 0.05) is 11.6 Å². The first-order valence-corrected chi connectivity index (χ1v) is 8.36. The van der Waals surface area contributed by atoms with Crippen LogP contribution in [0.4, 0.5) is 4.79 Å². The fraction of sp³-hybridized carbons (Fsp3) is 0.941. The van der Waals surface area contributed by atoms with E-state index in [2.05, 4.69) is 18.7 Å². The third-order valence-corrected chi connectivity index (χ3v) is 5.24. The summed E-state index contributed by atoms with van der Waals surface area (Å²) in [5.41, 5.74) is -0.322. The van der Waals surface area contributed by atoms with Crippen LogP contribution in [0.1, 0.15) is 79.6 Å². The summed E-state index contributed by atoms with van der Waals surface area (Å²) in [6, 6.07) is 0.416. The Labute approximate surface area is 124 Å². The van der Waals surface area contributed by atoms with Crippen molar-refractivity contribution >= 4 is 6.09 Å². The van der Waals surface area contributed by atoms with Crippen molar-refractivity contribution in [2.75, 3.05) is 0 Å². The normalized spacial score (nSPS) is 29.9. The monoisotopic (exact) mass is 281 g/mol. The molecule has 0 aromatic heterocycles. The van der Waals surface area contributed by atoms with Crippen LogP contribution in [0.25, 0.3) is 0 Å². The highest BCUT2D eigenvalue weighted by molar-refractivity contribution is 5.70. The van der Waals surface area contributed by atoms with Crippen molar-refractivity contribution in [3.63, 3.8) is 0 Å². The summed E-state index contributed by atoms with van der Waals surface area (Å²) in [4.78, 5) is 14.9. The molecule has 0 spiro atoms. The summed E-state index contributed by atoms with van der Waals surface area (Å²) in [5.74, 6) is 0.611. The molecule has 2 aliphatic heterocycles. The van der Waals surface area contributed by atoms with Gasteiger partial charge in [-0.15, -0.1) is 0 Å². The minimum absolute atomic E-state index is 0.0772. The van der Waals surface area contributed by atoms with Gasteiger partial charge in [-0.05, 0) is 58.8 Å². The van der Waals surface area contributed by atoms with Gasteiger partial charge in [-0.3, -0.25) is 4.90 Å². The zero-order valence-corrected chi connectivity index (χ0v) is 13.9. The Balaban J connectivity index is 2.26. The Kier molecular flexibility index (Phi) is 4.36. The fourth-order valence-electron chi connectivity index (χ4n) is 4.49. The van der Waals surface area contributed by atoms with Crippen LogP contribution >= 0.6 is 0 Å². The van der Waals surface area contributed by atoms with Gasteiger partial charge in [0.1, 0.15) is 5.60 Å². The van der Waals surface area contributed by atoms with Crippen LogP contribution in [-0.2, 0) is 4.74 Å². The number of piperidine rings is 1. The number of carbonyl (C=O) groups is 1. The molecule has 20 heavy (non-hydrogen) atoms. The number of hydrogen-bond acceptors (Lipinski definition) is 2. The number of carbonyl (C=O) groups excluding carboxylic acids is 1. The first kappa shape index (κ1) is 15.7. The molecule has 2 aliphatic rings. The summed E-state index contributed by atoms with van der Waals surface area (Å²) in [5, 5.41) is 0. The molecule has 0 aliphatic carbocycles. The molecule has 2 bridgehead atoms. The molecule has 3 nitrogen and oxygen atoms in total. The first-order valence-electron chi connectivity index (χ1n) is 8.36. The Morgan fingerprint density at radius 2 is 1.90 bits per heavy atom. The van der Waals surface area contributed by atoms with E-state index < -0.39 is 5.60 Å². The molecule has 0 saturated carbocycles. The molecule has 2 saturated heterocycles. The van der Waals surface area contributed by atoms with E-state index in [1.165, 1.54) is 12.8 Å². The van der Waals surface area contributed by atoms with Crippen LogP contribution in [0.3, 0.4) is 0 Å². The molecule has 0 radical (unpaired) electrons. The SMILES string of the molecule is CCC(CC)[C@@]12CCC[C@@H](CC1)N2C(=O)OC(C)(C)C. The second-order valence-electron chi connectivity index (χ2n) is 7.55. The molecular formula is C17H31NO2. The fourth-order valence-corrected chi connectivity index (χ4v) is 4.49. The number of rotatable bonds is 3. The van der Waals surface area contributed by atoms with E-state index in [0.29, 0.717) is 12.0 Å². The zero-order chi connectivity index (χ0) is 15.0. The summed E-state index contributed by atoms with van der Waals surface area (Å²) >= 11 is 0. The van der Waals surface area contributed by atoms with Crippen LogP contribution in [0.15, 0.2) is 0 Å². The second kappa shape index (κ2) is 5.57. The number of fused-ring (bicyclic) bond motifs is 2. The molecule has 0 aromatic rings. The second-order valence-corrected chi connectivity index (χ2v) is 7.55. The molecule has 2 atom stereocenters.